The molecule has 24 heavy (non-hydrogen) atoms. The maximum Gasteiger partial charge on any atom is 0.305 e. The molecule has 1 heterocycles. The van der Waals surface area contributed by atoms with Crippen LogP contribution in [0.4, 0.5) is 0 Å². The fourth-order valence-corrected chi connectivity index (χ4v) is 2.15. The summed E-state index contributed by atoms with van der Waals surface area (Å²) >= 11 is 0. The van der Waals surface area contributed by atoms with E-state index >= 15 is 0 Å². The van der Waals surface area contributed by atoms with Gasteiger partial charge in [-0.1, -0.05) is 0 Å². The standard InChI is InChI=1S/C14H20O10/c1-6(15)20-5-10-12(21-7(2)16)13(22-8(3)17)11(19)14(24-10)23-9(4)18/h10-14,19H,5H2,1-4H3/t10-,11+,12-,13+,14-/m1/s1. The highest BCUT2D eigenvalue weighted by atomic mass is 16.7. The maximum atomic E-state index is 11.3. The third-order valence-corrected chi connectivity index (χ3v) is 2.95. The highest BCUT2D eigenvalue weighted by Gasteiger charge is 2.51. The van der Waals surface area contributed by atoms with Crippen molar-refractivity contribution in [3.8, 4) is 0 Å². The van der Waals surface area contributed by atoms with Crippen molar-refractivity contribution in [1.82, 2.24) is 0 Å². The van der Waals surface area contributed by atoms with E-state index in [0.29, 0.717) is 0 Å². The van der Waals surface area contributed by atoms with Gasteiger partial charge in [0.15, 0.2) is 18.3 Å². The number of aliphatic hydroxyl groups excluding tert-OH is 1. The van der Waals surface area contributed by atoms with Gasteiger partial charge in [-0.15, -0.1) is 0 Å². The van der Waals surface area contributed by atoms with E-state index in [2.05, 4.69) is 0 Å². The van der Waals surface area contributed by atoms with E-state index in [1.54, 1.807) is 0 Å². The first kappa shape index (κ1) is 19.8. The average molecular weight is 348 g/mol. The van der Waals surface area contributed by atoms with Crippen molar-refractivity contribution < 1.29 is 48.0 Å². The van der Waals surface area contributed by atoms with Crippen molar-refractivity contribution in [2.75, 3.05) is 6.61 Å². The molecule has 0 spiro atoms. The zero-order valence-corrected chi connectivity index (χ0v) is 13.7. The molecule has 0 aromatic carbocycles. The summed E-state index contributed by atoms with van der Waals surface area (Å²) in [7, 11) is 0. The molecule has 0 aromatic heterocycles. The second-order valence-corrected chi connectivity index (χ2v) is 5.09. The summed E-state index contributed by atoms with van der Waals surface area (Å²) in [4.78, 5) is 44.7. The van der Waals surface area contributed by atoms with E-state index in [4.69, 9.17) is 23.7 Å². The van der Waals surface area contributed by atoms with Gasteiger partial charge in [-0.25, -0.2) is 0 Å². The molecule has 0 saturated carbocycles. The summed E-state index contributed by atoms with van der Waals surface area (Å²) in [6, 6.07) is 0. The van der Waals surface area contributed by atoms with Crippen molar-refractivity contribution in [3.05, 3.63) is 0 Å². The Hall–Kier alpha value is -2.20. The molecule has 5 atom stereocenters. The van der Waals surface area contributed by atoms with E-state index in [1.807, 2.05) is 0 Å². The van der Waals surface area contributed by atoms with Crippen molar-refractivity contribution in [2.24, 2.45) is 0 Å². The fourth-order valence-electron chi connectivity index (χ4n) is 2.15. The summed E-state index contributed by atoms with van der Waals surface area (Å²) in [5, 5.41) is 10.2. The van der Waals surface area contributed by atoms with Gasteiger partial charge in [0.25, 0.3) is 0 Å². The van der Waals surface area contributed by atoms with Crippen molar-refractivity contribution in [1.29, 1.82) is 0 Å². The van der Waals surface area contributed by atoms with E-state index < -0.39 is 54.6 Å². The minimum Gasteiger partial charge on any atom is -0.463 e. The first-order valence-electron chi connectivity index (χ1n) is 7.10. The van der Waals surface area contributed by atoms with Crippen LogP contribution in [0.3, 0.4) is 0 Å². The van der Waals surface area contributed by atoms with Crippen molar-refractivity contribution in [3.63, 3.8) is 0 Å². The van der Waals surface area contributed by atoms with E-state index in [9.17, 15) is 24.3 Å². The van der Waals surface area contributed by atoms with Crippen molar-refractivity contribution in [2.45, 2.75) is 58.4 Å². The van der Waals surface area contributed by atoms with Crippen LogP contribution in [-0.2, 0) is 42.9 Å². The van der Waals surface area contributed by atoms with Crippen LogP contribution in [0.2, 0.25) is 0 Å². The number of aliphatic hydroxyl groups is 1. The minimum atomic E-state index is -1.60. The lowest BCUT2D eigenvalue weighted by Gasteiger charge is -2.42. The zero-order valence-electron chi connectivity index (χ0n) is 13.7. The topological polar surface area (TPSA) is 135 Å². The molecule has 0 bridgehead atoms. The number of hydrogen-bond donors (Lipinski definition) is 1. The monoisotopic (exact) mass is 348 g/mol. The molecule has 0 aliphatic carbocycles. The van der Waals surface area contributed by atoms with Crippen LogP contribution in [0.15, 0.2) is 0 Å². The van der Waals surface area contributed by atoms with Crippen LogP contribution in [-0.4, -0.2) is 66.3 Å². The molecule has 0 aromatic rings. The SMILES string of the molecule is CC(=O)OC[C@H]1O[C@@H](OC(C)=O)[C@@H](O)[C@H](OC(C)=O)[C@@H]1OC(C)=O. The highest BCUT2D eigenvalue weighted by Crippen LogP contribution is 2.27. The Kier molecular flexibility index (Phi) is 7.11. The Bertz CT molecular complexity index is 486. The maximum absolute atomic E-state index is 11.3. The fraction of sp³-hybridized carbons (Fsp3) is 0.714. The largest absolute Gasteiger partial charge is 0.463 e. The molecular weight excluding hydrogens is 328 g/mol. The molecule has 136 valence electrons. The molecule has 1 N–H and O–H groups in total. The quantitative estimate of drug-likeness (QED) is 0.490. The van der Waals surface area contributed by atoms with Gasteiger partial charge >= 0.3 is 23.9 Å². The average Bonchev–Trinajstić information content (AvgIpc) is 2.42. The summed E-state index contributed by atoms with van der Waals surface area (Å²) in [5.41, 5.74) is 0. The van der Waals surface area contributed by atoms with Crippen molar-refractivity contribution >= 4 is 23.9 Å². The Morgan fingerprint density at radius 2 is 1.33 bits per heavy atom. The summed E-state index contributed by atoms with van der Waals surface area (Å²) < 4.78 is 25.0. The Balaban J connectivity index is 3.08. The van der Waals surface area contributed by atoms with Gasteiger partial charge in [0.2, 0.25) is 6.29 Å². The third kappa shape index (κ3) is 5.78. The van der Waals surface area contributed by atoms with Gasteiger partial charge in [0, 0.05) is 27.7 Å². The second-order valence-electron chi connectivity index (χ2n) is 5.09. The van der Waals surface area contributed by atoms with Gasteiger partial charge in [0.1, 0.15) is 12.7 Å². The van der Waals surface area contributed by atoms with Gasteiger partial charge < -0.3 is 28.8 Å². The molecule has 1 saturated heterocycles. The van der Waals surface area contributed by atoms with Crippen LogP contribution in [0.1, 0.15) is 27.7 Å². The molecular formula is C14H20O10. The lowest BCUT2D eigenvalue weighted by Crippen LogP contribution is -2.62. The molecule has 0 radical (unpaired) electrons. The number of esters is 4. The molecule has 0 amide bonds. The molecule has 1 fully saturated rings. The molecule has 1 aliphatic heterocycles. The summed E-state index contributed by atoms with van der Waals surface area (Å²) in [6.07, 6.45) is -6.83. The zero-order chi connectivity index (χ0) is 18.4. The van der Waals surface area contributed by atoms with Gasteiger partial charge in [-0.3, -0.25) is 19.2 Å². The Morgan fingerprint density at radius 1 is 0.833 bits per heavy atom. The lowest BCUT2D eigenvalue weighted by atomic mass is 9.98. The first-order valence-corrected chi connectivity index (χ1v) is 7.10. The van der Waals surface area contributed by atoms with Crippen LogP contribution >= 0.6 is 0 Å². The minimum absolute atomic E-state index is 0.366. The summed E-state index contributed by atoms with van der Waals surface area (Å²) in [6.45, 7) is 4.09. The van der Waals surface area contributed by atoms with Gasteiger partial charge in [-0.2, -0.15) is 0 Å². The number of carbonyl (C=O) groups is 4. The molecule has 10 heteroatoms. The van der Waals surface area contributed by atoms with Crippen LogP contribution < -0.4 is 0 Å². The summed E-state index contributed by atoms with van der Waals surface area (Å²) in [5.74, 6) is -2.87. The predicted octanol–water partition coefficient (Wildman–Crippen LogP) is -0.938. The Labute approximate surface area is 137 Å². The molecule has 1 rings (SSSR count). The van der Waals surface area contributed by atoms with Gasteiger partial charge in [0.05, 0.1) is 0 Å². The number of ether oxygens (including phenoxy) is 5. The smallest absolute Gasteiger partial charge is 0.305 e. The number of carbonyl (C=O) groups excluding carboxylic acids is 4. The highest BCUT2D eigenvalue weighted by molar-refractivity contribution is 5.68. The normalized spacial score (nSPS) is 29.3. The van der Waals surface area contributed by atoms with Crippen LogP contribution in [0.25, 0.3) is 0 Å². The van der Waals surface area contributed by atoms with E-state index in [0.717, 1.165) is 27.7 Å². The lowest BCUT2D eigenvalue weighted by molar-refractivity contribution is -0.297. The van der Waals surface area contributed by atoms with E-state index in [-0.39, 0.29) is 6.61 Å². The molecule has 0 unspecified atom stereocenters. The first-order chi connectivity index (χ1) is 11.1. The number of hydrogen-bond acceptors (Lipinski definition) is 10. The molecule has 10 nitrogen and oxygen atoms in total. The Morgan fingerprint density at radius 3 is 1.79 bits per heavy atom. The van der Waals surface area contributed by atoms with Crippen LogP contribution in [0, 0.1) is 0 Å². The molecule has 1 aliphatic rings. The third-order valence-electron chi connectivity index (χ3n) is 2.95. The second kappa shape index (κ2) is 8.60. The van der Waals surface area contributed by atoms with Gasteiger partial charge in [-0.05, 0) is 0 Å². The number of rotatable bonds is 5. The van der Waals surface area contributed by atoms with Crippen LogP contribution in [0.5, 0.6) is 0 Å². The predicted molar refractivity (Wildman–Crippen MR) is 74.2 cm³/mol. The van der Waals surface area contributed by atoms with E-state index in [1.165, 1.54) is 0 Å².